The number of morpholine rings is 1. The lowest BCUT2D eigenvalue weighted by atomic mass is 10.0. The first-order valence-corrected chi connectivity index (χ1v) is 10.3. The van der Waals surface area contributed by atoms with E-state index in [1.54, 1.807) is 0 Å². The molecule has 146 valence electrons. The lowest BCUT2D eigenvalue weighted by molar-refractivity contribution is 0.0331. The van der Waals surface area contributed by atoms with Crippen LogP contribution in [-0.2, 0) is 16.0 Å². The van der Waals surface area contributed by atoms with Crippen LogP contribution < -0.4 is 0 Å². The molecule has 0 aliphatic carbocycles. The Balaban J connectivity index is 1.62. The van der Waals surface area contributed by atoms with Crippen molar-refractivity contribution in [1.82, 2.24) is 14.7 Å². The van der Waals surface area contributed by atoms with E-state index in [2.05, 4.69) is 53.8 Å². The summed E-state index contributed by atoms with van der Waals surface area (Å²) in [6.07, 6.45) is 2.24. The molecule has 2 aliphatic rings. The smallest absolute Gasteiger partial charge is 0.0771 e. The number of ether oxygens (including phenoxy) is 2. The van der Waals surface area contributed by atoms with Gasteiger partial charge in [-0.1, -0.05) is 38.1 Å². The molecule has 3 heterocycles. The van der Waals surface area contributed by atoms with Gasteiger partial charge in [-0.2, -0.15) is 5.10 Å². The van der Waals surface area contributed by atoms with Crippen molar-refractivity contribution in [3.8, 4) is 11.3 Å². The highest BCUT2D eigenvalue weighted by Crippen LogP contribution is 2.29. The Kier molecular flexibility index (Phi) is 5.91. The minimum atomic E-state index is 0.331. The topological polar surface area (TPSA) is 39.5 Å². The average Bonchev–Trinajstić information content (AvgIpc) is 3.13. The summed E-state index contributed by atoms with van der Waals surface area (Å²) in [4.78, 5) is 2.43. The molecule has 2 saturated heterocycles. The fraction of sp³-hybridized carbons (Fsp3) is 0.591. The Labute approximate surface area is 162 Å². The SMILES string of the molecule is CC(C)c1ccc(-c2cc(CN3CCOCC3)nn2C2CCCOC2)cc1. The Morgan fingerprint density at radius 2 is 1.85 bits per heavy atom. The Hall–Kier alpha value is -1.69. The Bertz CT molecular complexity index is 727. The van der Waals surface area contributed by atoms with Crippen LogP contribution in [-0.4, -0.2) is 54.2 Å². The summed E-state index contributed by atoms with van der Waals surface area (Å²) < 4.78 is 13.4. The lowest BCUT2D eigenvalue weighted by Gasteiger charge is -2.26. The molecule has 0 spiro atoms. The number of aromatic nitrogens is 2. The van der Waals surface area contributed by atoms with Crippen molar-refractivity contribution in [3.63, 3.8) is 0 Å². The third-order valence-corrected chi connectivity index (χ3v) is 5.63. The maximum atomic E-state index is 5.75. The van der Waals surface area contributed by atoms with Crippen molar-refractivity contribution in [2.24, 2.45) is 0 Å². The molecule has 27 heavy (non-hydrogen) atoms. The molecule has 2 fully saturated rings. The highest BCUT2D eigenvalue weighted by molar-refractivity contribution is 5.61. The van der Waals surface area contributed by atoms with E-state index in [4.69, 9.17) is 14.6 Å². The molecular weight excluding hydrogens is 338 g/mol. The molecule has 0 saturated carbocycles. The van der Waals surface area contributed by atoms with E-state index in [0.717, 1.165) is 64.6 Å². The number of hydrogen-bond acceptors (Lipinski definition) is 4. The number of benzene rings is 1. The molecule has 1 atom stereocenters. The minimum Gasteiger partial charge on any atom is -0.379 e. The van der Waals surface area contributed by atoms with Crippen LogP contribution in [0.15, 0.2) is 30.3 Å². The highest BCUT2D eigenvalue weighted by Gasteiger charge is 2.22. The van der Waals surface area contributed by atoms with Crippen LogP contribution in [0.3, 0.4) is 0 Å². The maximum absolute atomic E-state index is 5.75. The summed E-state index contributed by atoms with van der Waals surface area (Å²) in [7, 11) is 0. The highest BCUT2D eigenvalue weighted by atomic mass is 16.5. The summed E-state index contributed by atoms with van der Waals surface area (Å²) >= 11 is 0. The molecule has 0 radical (unpaired) electrons. The zero-order valence-electron chi connectivity index (χ0n) is 16.6. The summed E-state index contributed by atoms with van der Waals surface area (Å²) in [5, 5.41) is 5.02. The van der Waals surface area contributed by atoms with Crippen LogP contribution in [0.4, 0.5) is 0 Å². The Morgan fingerprint density at radius 3 is 2.52 bits per heavy atom. The van der Waals surface area contributed by atoms with Gasteiger partial charge in [0, 0.05) is 26.2 Å². The van der Waals surface area contributed by atoms with Gasteiger partial charge in [0.15, 0.2) is 0 Å². The normalized spacial score (nSPS) is 21.7. The first-order chi connectivity index (χ1) is 13.2. The van der Waals surface area contributed by atoms with E-state index in [9.17, 15) is 0 Å². The van der Waals surface area contributed by atoms with Crippen molar-refractivity contribution in [2.75, 3.05) is 39.5 Å². The van der Waals surface area contributed by atoms with Crippen molar-refractivity contribution in [1.29, 1.82) is 0 Å². The predicted molar refractivity (Wildman–Crippen MR) is 107 cm³/mol. The second-order valence-electron chi connectivity index (χ2n) is 8.00. The van der Waals surface area contributed by atoms with Gasteiger partial charge in [0.2, 0.25) is 0 Å². The van der Waals surface area contributed by atoms with Gasteiger partial charge < -0.3 is 9.47 Å². The molecule has 1 unspecified atom stereocenters. The molecule has 0 bridgehead atoms. The van der Waals surface area contributed by atoms with Crippen LogP contribution in [0, 0.1) is 0 Å². The van der Waals surface area contributed by atoms with Gasteiger partial charge in [-0.15, -0.1) is 0 Å². The molecule has 2 aliphatic heterocycles. The second kappa shape index (κ2) is 8.55. The van der Waals surface area contributed by atoms with Gasteiger partial charge >= 0.3 is 0 Å². The zero-order chi connectivity index (χ0) is 18.6. The summed E-state index contributed by atoms with van der Waals surface area (Å²) in [5.41, 5.74) is 4.97. The monoisotopic (exact) mass is 369 g/mol. The van der Waals surface area contributed by atoms with E-state index in [0.29, 0.717) is 12.0 Å². The van der Waals surface area contributed by atoms with Gasteiger partial charge in [0.05, 0.1) is 37.3 Å². The maximum Gasteiger partial charge on any atom is 0.0771 e. The van der Waals surface area contributed by atoms with Crippen LogP contribution in [0.25, 0.3) is 11.3 Å². The van der Waals surface area contributed by atoms with Crippen molar-refractivity contribution in [3.05, 3.63) is 41.6 Å². The predicted octanol–water partition coefficient (Wildman–Crippen LogP) is 3.86. The molecule has 5 nitrogen and oxygen atoms in total. The molecule has 0 N–H and O–H groups in total. The molecule has 4 rings (SSSR count). The van der Waals surface area contributed by atoms with Gasteiger partial charge in [0.1, 0.15) is 0 Å². The van der Waals surface area contributed by atoms with E-state index in [-0.39, 0.29) is 0 Å². The molecule has 5 heteroatoms. The van der Waals surface area contributed by atoms with Crippen LogP contribution >= 0.6 is 0 Å². The quantitative estimate of drug-likeness (QED) is 0.802. The standard InChI is InChI=1S/C22H31N3O2/c1-17(2)18-5-7-19(8-6-18)22-14-20(15-24-9-12-26-13-10-24)23-25(22)21-4-3-11-27-16-21/h5-8,14,17,21H,3-4,9-13,15-16H2,1-2H3. The average molecular weight is 370 g/mol. The largest absolute Gasteiger partial charge is 0.379 e. The van der Waals surface area contributed by atoms with E-state index >= 15 is 0 Å². The fourth-order valence-electron chi connectivity index (χ4n) is 3.96. The van der Waals surface area contributed by atoms with Crippen LogP contribution in [0.5, 0.6) is 0 Å². The molecule has 0 amide bonds. The van der Waals surface area contributed by atoms with Gasteiger partial charge in [-0.05, 0) is 36.0 Å². The Morgan fingerprint density at radius 1 is 1.07 bits per heavy atom. The summed E-state index contributed by atoms with van der Waals surface area (Å²) in [5.74, 6) is 0.549. The summed E-state index contributed by atoms with van der Waals surface area (Å²) in [6.45, 7) is 10.6. The molecular formula is C22H31N3O2. The van der Waals surface area contributed by atoms with E-state index in [1.165, 1.54) is 16.8 Å². The van der Waals surface area contributed by atoms with Gasteiger partial charge in [0.25, 0.3) is 0 Å². The first kappa shape index (κ1) is 18.7. The van der Waals surface area contributed by atoms with Crippen LogP contribution in [0.2, 0.25) is 0 Å². The van der Waals surface area contributed by atoms with E-state index in [1.807, 2.05) is 0 Å². The van der Waals surface area contributed by atoms with Gasteiger partial charge in [-0.25, -0.2) is 0 Å². The van der Waals surface area contributed by atoms with Crippen molar-refractivity contribution < 1.29 is 9.47 Å². The third kappa shape index (κ3) is 4.42. The molecule has 1 aromatic heterocycles. The molecule has 1 aromatic carbocycles. The zero-order valence-corrected chi connectivity index (χ0v) is 16.6. The fourth-order valence-corrected chi connectivity index (χ4v) is 3.96. The number of nitrogens with zero attached hydrogens (tertiary/aromatic N) is 3. The van der Waals surface area contributed by atoms with E-state index < -0.39 is 0 Å². The second-order valence-corrected chi connectivity index (χ2v) is 8.00. The molecule has 2 aromatic rings. The third-order valence-electron chi connectivity index (χ3n) is 5.63. The number of hydrogen-bond donors (Lipinski definition) is 0. The first-order valence-electron chi connectivity index (χ1n) is 10.3. The summed E-state index contributed by atoms with van der Waals surface area (Å²) in [6, 6.07) is 11.6. The van der Waals surface area contributed by atoms with Crippen LogP contribution in [0.1, 0.15) is 49.9 Å². The van der Waals surface area contributed by atoms with Gasteiger partial charge in [-0.3, -0.25) is 9.58 Å². The lowest BCUT2D eigenvalue weighted by Crippen LogP contribution is -2.35. The van der Waals surface area contributed by atoms with Crippen molar-refractivity contribution in [2.45, 2.75) is 45.2 Å². The number of rotatable bonds is 5. The minimum absolute atomic E-state index is 0.331. The van der Waals surface area contributed by atoms with Crippen molar-refractivity contribution >= 4 is 0 Å².